The molecule has 1 aliphatic carbocycles. The van der Waals surface area contributed by atoms with Gasteiger partial charge >= 0.3 is 99.5 Å². The molecule has 2 rings (SSSR count). The predicted molar refractivity (Wildman–Crippen MR) is 67.8 cm³/mol. The fourth-order valence-electron chi connectivity index (χ4n) is 2.34. The monoisotopic (exact) mass is 268 g/mol. The van der Waals surface area contributed by atoms with Gasteiger partial charge in [-0.1, -0.05) is 0 Å². The summed E-state index contributed by atoms with van der Waals surface area (Å²) in [5.41, 5.74) is 0. The molecule has 82 valence electrons. The SMILES string of the molecule is c1ccc([Se]CCC2CCCCC2)cc1. The first kappa shape index (κ1) is 11.2. The molecule has 0 atom stereocenters. The Morgan fingerprint density at radius 1 is 1.00 bits per heavy atom. The Morgan fingerprint density at radius 3 is 2.47 bits per heavy atom. The van der Waals surface area contributed by atoms with Crippen LogP contribution in [-0.2, 0) is 0 Å². The topological polar surface area (TPSA) is 0 Å². The van der Waals surface area contributed by atoms with Crippen molar-refractivity contribution in [3.8, 4) is 0 Å². The van der Waals surface area contributed by atoms with Gasteiger partial charge in [-0.25, -0.2) is 0 Å². The third kappa shape index (κ3) is 4.01. The van der Waals surface area contributed by atoms with Gasteiger partial charge in [0.05, 0.1) is 0 Å². The van der Waals surface area contributed by atoms with Gasteiger partial charge in [-0.05, 0) is 0 Å². The second kappa shape index (κ2) is 6.35. The van der Waals surface area contributed by atoms with Crippen LogP contribution in [0, 0.1) is 5.92 Å². The van der Waals surface area contributed by atoms with Crippen LogP contribution in [0.3, 0.4) is 0 Å². The van der Waals surface area contributed by atoms with Crippen molar-refractivity contribution in [1.29, 1.82) is 0 Å². The molecule has 0 radical (unpaired) electrons. The van der Waals surface area contributed by atoms with Crippen molar-refractivity contribution in [2.75, 3.05) is 0 Å². The molecular formula is C14H20Se. The molecule has 0 spiro atoms. The van der Waals surface area contributed by atoms with Gasteiger partial charge < -0.3 is 0 Å². The van der Waals surface area contributed by atoms with Crippen LogP contribution in [0.1, 0.15) is 38.5 Å². The van der Waals surface area contributed by atoms with Crippen LogP contribution in [0.2, 0.25) is 5.32 Å². The summed E-state index contributed by atoms with van der Waals surface area (Å²) in [6.45, 7) is 0. The number of rotatable bonds is 4. The first-order valence-electron chi connectivity index (χ1n) is 6.13. The Hall–Kier alpha value is -0.261. The molecule has 1 aromatic carbocycles. The van der Waals surface area contributed by atoms with E-state index in [2.05, 4.69) is 30.3 Å². The molecule has 1 fully saturated rings. The fourth-order valence-corrected chi connectivity index (χ4v) is 4.51. The van der Waals surface area contributed by atoms with Crippen molar-refractivity contribution < 1.29 is 0 Å². The molecule has 0 bridgehead atoms. The Balaban J connectivity index is 1.66. The minimum atomic E-state index is 0.721. The van der Waals surface area contributed by atoms with E-state index in [0.717, 1.165) is 20.9 Å². The zero-order valence-electron chi connectivity index (χ0n) is 9.32. The maximum absolute atomic E-state index is 2.28. The van der Waals surface area contributed by atoms with E-state index in [1.807, 2.05) is 0 Å². The van der Waals surface area contributed by atoms with Crippen LogP contribution in [0.15, 0.2) is 30.3 Å². The average molecular weight is 267 g/mol. The summed E-state index contributed by atoms with van der Waals surface area (Å²) in [4.78, 5) is 0. The third-order valence-corrected chi connectivity index (χ3v) is 5.46. The Labute approximate surface area is 99.6 Å². The molecule has 1 aliphatic rings. The van der Waals surface area contributed by atoms with Gasteiger partial charge in [0, 0.05) is 0 Å². The summed E-state index contributed by atoms with van der Waals surface area (Å²) in [5, 5.41) is 1.45. The summed E-state index contributed by atoms with van der Waals surface area (Å²) in [6, 6.07) is 11.0. The Morgan fingerprint density at radius 2 is 1.73 bits per heavy atom. The summed E-state index contributed by atoms with van der Waals surface area (Å²) in [7, 11) is 0. The van der Waals surface area contributed by atoms with Crippen molar-refractivity contribution in [1.82, 2.24) is 0 Å². The number of hydrogen-bond acceptors (Lipinski definition) is 0. The van der Waals surface area contributed by atoms with Crippen molar-refractivity contribution >= 4 is 19.4 Å². The molecule has 0 heterocycles. The van der Waals surface area contributed by atoms with Gasteiger partial charge in [0.2, 0.25) is 0 Å². The molecule has 0 unspecified atom stereocenters. The van der Waals surface area contributed by atoms with Crippen LogP contribution >= 0.6 is 0 Å². The van der Waals surface area contributed by atoms with Gasteiger partial charge in [0.15, 0.2) is 0 Å². The molecule has 15 heavy (non-hydrogen) atoms. The molecule has 1 saturated carbocycles. The molecule has 0 N–H and O–H groups in total. The Bertz CT molecular complexity index is 262. The molecule has 0 aliphatic heterocycles. The zero-order chi connectivity index (χ0) is 10.3. The predicted octanol–water partition coefficient (Wildman–Crippen LogP) is 3.40. The van der Waals surface area contributed by atoms with Crippen LogP contribution in [-0.4, -0.2) is 15.0 Å². The van der Waals surface area contributed by atoms with E-state index in [0.29, 0.717) is 0 Å². The van der Waals surface area contributed by atoms with Crippen molar-refractivity contribution in [3.05, 3.63) is 30.3 Å². The molecule has 1 aromatic rings. The normalized spacial score (nSPS) is 17.9. The van der Waals surface area contributed by atoms with Gasteiger partial charge in [0.25, 0.3) is 0 Å². The van der Waals surface area contributed by atoms with Crippen molar-refractivity contribution in [2.24, 2.45) is 5.92 Å². The molecule has 0 amide bonds. The van der Waals surface area contributed by atoms with Gasteiger partial charge in [-0.2, -0.15) is 0 Å². The van der Waals surface area contributed by atoms with Crippen LogP contribution in [0.5, 0.6) is 0 Å². The zero-order valence-corrected chi connectivity index (χ0v) is 11.0. The molecule has 0 aromatic heterocycles. The second-order valence-electron chi connectivity index (χ2n) is 4.45. The molecule has 0 nitrogen and oxygen atoms in total. The number of benzene rings is 1. The van der Waals surface area contributed by atoms with E-state index in [1.54, 1.807) is 4.46 Å². The van der Waals surface area contributed by atoms with E-state index in [1.165, 1.54) is 43.8 Å². The number of hydrogen-bond donors (Lipinski definition) is 0. The van der Waals surface area contributed by atoms with Gasteiger partial charge in [0.1, 0.15) is 0 Å². The third-order valence-electron chi connectivity index (χ3n) is 3.26. The quantitative estimate of drug-likeness (QED) is 0.733. The summed E-state index contributed by atoms with van der Waals surface area (Å²) in [5.74, 6) is 1.06. The van der Waals surface area contributed by atoms with Gasteiger partial charge in [-0.3, -0.25) is 0 Å². The van der Waals surface area contributed by atoms with Crippen molar-refractivity contribution in [2.45, 2.75) is 43.8 Å². The second-order valence-corrected chi connectivity index (χ2v) is 6.91. The summed E-state index contributed by atoms with van der Waals surface area (Å²) >= 11 is 0.721. The van der Waals surface area contributed by atoms with E-state index < -0.39 is 0 Å². The van der Waals surface area contributed by atoms with Crippen LogP contribution < -0.4 is 4.46 Å². The molecule has 1 heteroatoms. The summed E-state index contributed by atoms with van der Waals surface area (Å²) < 4.78 is 1.57. The molecule has 0 saturated heterocycles. The standard InChI is InChI=1S/C14H20Se/c1-3-7-13(8-4-1)11-12-15-14-9-5-2-6-10-14/h2,5-6,9-10,13H,1,3-4,7-8,11-12H2. The summed E-state index contributed by atoms with van der Waals surface area (Å²) in [6.07, 6.45) is 8.96. The maximum atomic E-state index is 2.28. The first-order valence-corrected chi connectivity index (χ1v) is 8.20. The minimum absolute atomic E-state index is 0.721. The van der Waals surface area contributed by atoms with E-state index in [-0.39, 0.29) is 0 Å². The molecular weight excluding hydrogens is 247 g/mol. The average Bonchev–Trinajstić information content (AvgIpc) is 2.32. The van der Waals surface area contributed by atoms with E-state index in [9.17, 15) is 0 Å². The van der Waals surface area contributed by atoms with Crippen LogP contribution in [0.4, 0.5) is 0 Å². The van der Waals surface area contributed by atoms with Crippen LogP contribution in [0.25, 0.3) is 0 Å². The fraction of sp³-hybridized carbons (Fsp3) is 0.571. The first-order chi connectivity index (χ1) is 7.45. The van der Waals surface area contributed by atoms with Crippen molar-refractivity contribution in [3.63, 3.8) is 0 Å². The van der Waals surface area contributed by atoms with E-state index in [4.69, 9.17) is 0 Å². The van der Waals surface area contributed by atoms with E-state index >= 15 is 0 Å². The van der Waals surface area contributed by atoms with Gasteiger partial charge in [-0.15, -0.1) is 0 Å². The Kier molecular flexibility index (Phi) is 4.75.